The summed E-state index contributed by atoms with van der Waals surface area (Å²) in [5.74, 6) is 0. The van der Waals surface area contributed by atoms with Crippen LogP contribution in [0.2, 0.25) is 0 Å². The molecule has 1 aliphatic rings. The zero-order valence-corrected chi connectivity index (χ0v) is 15.5. The Morgan fingerprint density at radius 3 is 2.23 bits per heavy atom. The summed E-state index contributed by atoms with van der Waals surface area (Å²) in [7, 11) is 0. The predicted octanol–water partition coefficient (Wildman–Crippen LogP) is 4.70. The molecular formula is C18H19Br2NO. The molecular weight excluding hydrogens is 406 g/mol. The predicted molar refractivity (Wildman–Crippen MR) is 96.7 cm³/mol. The van der Waals surface area contributed by atoms with Gasteiger partial charge in [0.1, 0.15) is 0 Å². The minimum atomic E-state index is -0.689. The summed E-state index contributed by atoms with van der Waals surface area (Å²) in [6, 6.07) is 16.4. The Hall–Kier alpha value is -0.680. The van der Waals surface area contributed by atoms with E-state index >= 15 is 0 Å². The molecule has 1 saturated heterocycles. The molecule has 4 heteroatoms. The first-order chi connectivity index (χ1) is 10.6. The van der Waals surface area contributed by atoms with Gasteiger partial charge in [-0.1, -0.05) is 62.2 Å². The molecule has 0 atom stereocenters. The van der Waals surface area contributed by atoms with E-state index in [1.165, 1.54) is 5.56 Å². The van der Waals surface area contributed by atoms with Crippen molar-refractivity contribution in [1.29, 1.82) is 0 Å². The van der Waals surface area contributed by atoms with Crippen LogP contribution in [0, 0.1) is 0 Å². The van der Waals surface area contributed by atoms with Crippen molar-refractivity contribution in [2.24, 2.45) is 0 Å². The van der Waals surface area contributed by atoms with Crippen molar-refractivity contribution in [2.45, 2.75) is 25.0 Å². The van der Waals surface area contributed by atoms with Crippen LogP contribution in [0.5, 0.6) is 0 Å². The number of rotatable bonds is 3. The molecule has 1 fully saturated rings. The van der Waals surface area contributed by atoms with E-state index in [1.54, 1.807) is 0 Å². The number of benzene rings is 2. The van der Waals surface area contributed by atoms with Crippen molar-refractivity contribution >= 4 is 31.9 Å². The third-order valence-electron chi connectivity index (χ3n) is 4.42. The Kier molecular flexibility index (Phi) is 5.03. The van der Waals surface area contributed by atoms with Gasteiger partial charge in [-0.2, -0.15) is 0 Å². The molecule has 3 rings (SSSR count). The molecule has 2 aromatic carbocycles. The summed E-state index contributed by atoms with van der Waals surface area (Å²) in [6.45, 7) is 2.75. The SMILES string of the molecule is OC1(c2ccc(Br)cc2)CCN(Cc2ccccc2Br)CC1. The van der Waals surface area contributed by atoms with Crippen LogP contribution in [0.4, 0.5) is 0 Å². The molecule has 0 aliphatic carbocycles. The molecule has 2 aromatic rings. The maximum absolute atomic E-state index is 10.9. The fraction of sp³-hybridized carbons (Fsp3) is 0.333. The minimum Gasteiger partial charge on any atom is -0.385 e. The summed E-state index contributed by atoms with van der Waals surface area (Å²) in [6.07, 6.45) is 1.55. The molecule has 1 heterocycles. The molecule has 0 unspecified atom stereocenters. The maximum atomic E-state index is 10.9. The van der Waals surface area contributed by atoms with Crippen molar-refractivity contribution in [1.82, 2.24) is 4.90 Å². The second-order valence-electron chi connectivity index (χ2n) is 5.91. The largest absolute Gasteiger partial charge is 0.385 e. The molecule has 0 spiro atoms. The quantitative estimate of drug-likeness (QED) is 0.772. The fourth-order valence-corrected chi connectivity index (χ4v) is 3.67. The Morgan fingerprint density at radius 1 is 0.955 bits per heavy atom. The van der Waals surface area contributed by atoms with Crippen LogP contribution in [0.1, 0.15) is 24.0 Å². The summed E-state index contributed by atoms with van der Waals surface area (Å²) < 4.78 is 2.20. The molecule has 0 bridgehead atoms. The average Bonchev–Trinajstić information content (AvgIpc) is 2.52. The summed E-state index contributed by atoms with van der Waals surface area (Å²) in [5.41, 5.74) is 1.64. The Morgan fingerprint density at radius 2 is 1.59 bits per heavy atom. The van der Waals surface area contributed by atoms with Gasteiger partial charge < -0.3 is 5.11 Å². The number of likely N-dealkylation sites (tertiary alicyclic amines) is 1. The highest BCUT2D eigenvalue weighted by Crippen LogP contribution is 2.34. The number of piperidine rings is 1. The lowest BCUT2D eigenvalue weighted by atomic mass is 9.84. The lowest BCUT2D eigenvalue weighted by molar-refractivity contribution is -0.0277. The van der Waals surface area contributed by atoms with E-state index in [0.717, 1.165) is 47.0 Å². The average molecular weight is 425 g/mol. The third-order valence-corrected chi connectivity index (χ3v) is 5.72. The molecule has 22 heavy (non-hydrogen) atoms. The van der Waals surface area contributed by atoms with E-state index in [2.05, 4.69) is 55.0 Å². The van der Waals surface area contributed by atoms with Crippen molar-refractivity contribution in [3.63, 3.8) is 0 Å². The van der Waals surface area contributed by atoms with E-state index < -0.39 is 5.60 Å². The third kappa shape index (κ3) is 3.62. The standard InChI is InChI=1S/C18H19Br2NO/c19-16-7-5-15(6-8-16)18(22)9-11-21(12-10-18)13-14-3-1-2-4-17(14)20/h1-8,22H,9-13H2. The van der Waals surface area contributed by atoms with Gasteiger partial charge in [-0.3, -0.25) is 4.90 Å². The summed E-state index contributed by atoms with van der Waals surface area (Å²) >= 11 is 7.05. The number of aliphatic hydroxyl groups is 1. The Bertz CT molecular complexity index is 634. The van der Waals surface area contributed by atoms with Crippen LogP contribution < -0.4 is 0 Å². The van der Waals surface area contributed by atoms with Crippen LogP contribution >= 0.6 is 31.9 Å². The van der Waals surface area contributed by atoms with Gasteiger partial charge in [0.05, 0.1) is 5.60 Å². The van der Waals surface area contributed by atoms with E-state index in [9.17, 15) is 5.11 Å². The zero-order chi connectivity index (χ0) is 15.6. The molecule has 0 saturated carbocycles. The smallest absolute Gasteiger partial charge is 0.0920 e. The Labute approximate surface area is 148 Å². The number of halogens is 2. The fourth-order valence-electron chi connectivity index (χ4n) is 3.00. The van der Waals surface area contributed by atoms with Gasteiger partial charge in [0.15, 0.2) is 0 Å². The first-order valence-electron chi connectivity index (χ1n) is 7.51. The van der Waals surface area contributed by atoms with E-state index in [1.807, 2.05) is 30.3 Å². The molecule has 0 aromatic heterocycles. The van der Waals surface area contributed by atoms with Gasteiger partial charge in [0, 0.05) is 28.6 Å². The van der Waals surface area contributed by atoms with Crippen molar-refractivity contribution in [2.75, 3.05) is 13.1 Å². The lowest BCUT2D eigenvalue weighted by Gasteiger charge is -2.38. The molecule has 0 amide bonds. The van der Waals surface area contributed by atoms with Crippen LogP contribution in [0.3, 0.4) is 0 Å². The summed E-state index contributed by atoms with van der Waals surface area (Å²) in [5, 5.41) is 10.9. The normalized spacial score (nSPS) is 18.3. The first-order valence-corrected chi connectivity index (χ1v) is 9.10. The Balaban J connectivity index is 1.65. The van der Waals surface area contributed by atoms with Gasteiger partial charge in [-0.25, -0.2) is 0 Å². The van der Waals surface area contributed by atoms with Gasteiger partial charge in [0.2, 0.25) is 0 Å². The molecule has 116 valence electrons. The number of hydrogen-bond donors (Lipinski definition) is 1. The molecule has 1 N–H and O–H groups in total. The van der Waals surface area contributed by atoms with E-state index in [0.29, 0.717) is 0 Å². The monoisotopic (exact) mass is 423 g/mol. The van der Waals surface area contributed by atoms with Gasteiger partial charge >= 0.3 is 0 Å². The second-order valence-corrected chi connectivity index (χ2v) is 7.68. The van der Waals surface area contributed by atoms with Crippen LogP contribution in [-0.4, -0.2) is 23.1 Å². The molecule has 1 aliphatic heterocycles. The second kappa shape index (κ2) is 6.83. The topological polar surface area (TPSA) is 23.5 Å². The number of nitrogens with zero attached hydrogens (tertiary/aromatic N) is 1. The van der Waals surface area contributed by atoms with Crippen molar-refractivity contribution in [3.8, 4) is 0 Å². The van der Waals surface area contributed by atoms with Crippen LogP contribution in [-0.2, 0) is 12.1 Å². The van der Waals surface area contributed by atoms with Crippen molar-refractivity contribution < 1.29 is 5.11 Å². The van der Waals surface area contributed by atoms with Crippen LogP contribution in [0.15, 0.2) is 57.5 Å². The first kappa shape index (κ1) is 16.2. The minimum absolute atomic E-state index is 0.689. The van der Waals surface area contributed by atoms with Gasteiger partial charge in [-0.15, -0.1) is 0 Å². The molecule has 0 radical (unpaired) electrons. The molecule has 2 nitrogen and oxygen atoms in total. The van der Waals surface area contributed by atoms with Gasteiger partial charge in [0.25, 0.3) is 0 Å². The summed E-state index contributed by atoms with van der Waals surface area (Å²) in [4.78, 5) is 2.41. The van der Waals surface area contributed by atoms with E-state index in [4.69, 9.17) is 0 Å². The van der Waals surface area contributed by atoms with Gasteiger partial charge in [-0.05, 0) is 42.2 Å². The zero-order valence-electron chi connectivity index (χ0n) is 12.3. The highest BCUT2D eigenvalue weighted by molar-refractivity contribution is 9.10. The van der Waals surface area contributed by atoms with Crippen molar-refractivity contribution in [3.05, 3.63) is 68.6 Å². The van der Waals surface area contributed by atoms with Crippen LogP contribution in [0.25, 0.3) is 0 Å². The highest BCUT2D eigenvalue weighted by Gasteiger charge is 2.33. The maximum Gasteiger partial charge on any atom is 0.0920 e. The lowest BCUT2D eigenvalue weighted by Crippen LogP contribution is -2.42. The highest BCUT2D eigenvalue weighted by atomic mass is 79.9. The number of hydrogen-bond acceptors (Lipinski definition) is 2. The van der Waals surface area contributed by atoms with E-state index in [-0.39, 0.29) is 0 Å².